The molecule has 0 aromatic heterocycles. The number of fused-ring (bicyclic) bond motifs is 1. The second-order valence-electron chi connectivity index (χ2n) is 6.11. The number of carbonyl (C=O) groups is 2. The number of benzene rings is 3. The molecule has 1 aliphatic heterocycles. The van der Waals surface area contributed by atoms with Crippen molar-refractivity contribution < 1.29 is 14.8 Å². The topological polar surface area (TPSA) is 60.9 Å². The predicted molar refractivity (Wildman–Crippen MR) is 101 cm³/mol. The van der Waals surface area contributed by atoms with Crippen LogP contribution in [0.5, 0.6) is 0 Å². The second-order valence-corrected chi connectivity index (χ2v) is 6.54. The van der Waals surface area contributed by atoms with Gasteiger partial charge in [0.1, 0.15) is 6.04 Å². The lowest BCUT2D eigenvalue weighted by Gasteiger charge is -2.23. The molecule has 26 heavy (non-hydrogen) atoms. The third-order valence-corrected chi connectivity index (χ3v) is 4.77. The van der Waals surface area contributed by atoms with Gasteiger partial charge in [0.2, 0.25) is 5.91 Å². The van der Waals surface area contributed by atoms with Crippen LogP contribution in [0.2, 0.25) is 5.02 Å². The van der Waals surface area contributed by atoms with Gasteiger partial charge in [-0.2, -0.15) is 0 Å². The first kappa shape index (κ1) is 16.6. The molecule has 0 unspecified atom stereocenters. The van der Waals surface area contributed by atoms with Crippen molar-refractivity contribution in [2.24, 2.45) is 0 Å². The highest BCUT2D eigenvalue weighted by molar-refractivity contribution is 6.30. The number of amides is 2. The summed E-state index contributed by atoms with van der Waals surface area (Å²) in [7, 11) is 0. The highest BCUT2D eigenvalue weighted by Gasteiger charge is 2.43. The third-order valence-electron chi connectivity index (χ3n) is 4.52. The lowest BCUT2D eigenvalue weighted by Crippen LogP contribution is -2.40. The van der Waals surface area contributed by atoms with E-state index in [1.807, 2.05) is 36.4 Å². The van der Waals surface area contributed by atoms with Gasteiger partial charge in [-0.05, 0) is 35.7 Å². The van der Waals surface area contributed by atoms with Gasteiger partial charge in [-0.25, -0.2) is 9.96 Å². The number of hydrogen-bond donors (Lipinski definition) is 1. The highest BCUT2D eigenvalue weighted by Crippen LogP contribution is 2.33. The van der Waals surface area contributed by atoms with Crippen LogP contribution in [-0.4, -0.2) is 23.1 Å². The fourth-order valence-corrected chi connectivity index (χ4v) is 3.36. The highest BCUT2D eigenvalue weighted by atomic mass is 35.5. The fourth-order valence-electron chi connectivity index (χ4n) is 3.24. The van der Waals surface area contributed by atoms with Crippen LogP contribution in [-0.2, 0) is 9.59 Å². The molecule has 0 spiro atoms. The minimum Gasteiger partial charge on any atom is -0.288 e. The average Bonchev–Trinajstić information content (AvgIpc) is 2.95. The number of hydroxylamine groups is 1. The number of rotatable bonds is 3. The Morgan fingerprint density at radius 1 is 0.962 bits per heavy atom. The Hall–Kier alpha value is -2.89. The number of halogens is 1. The normalized spacial score (nSPS) is 17.2. The monoisotopic (exact) mass is 366 g/mol. The van der Waals surface area contributed by atoms with Gasteiger partial charge in [0.25, 0.3) is 5.91 Å². The van der Waals surface area contributed by atoms with Gasteiger partial charge in [-0.1, -0.05) is 48.0 Å². The Labute approximate surface area is 155 Å². The zero-order valence-corrected chi connectivity index (χ0v) is 14.4. The molecule has 6 heteroatoms. The SMILES string of the molecule is O=C1C[C@H](N(O)c2ccc(Cl)cc2)C(=O)N1c1cccc2ccccc12. The van der Waals surface area contributed by atoms with Crippen LogP contribution in [0, 0.1) is 0 Å². The van der Waals surface area contributed by atoms with Crippen molar-refractivity contribution in [3.05, 3.63) is 71.8 Å². The van der Waals surface area contributed by atoms with Crippen molar-refractivity contribution in [1.82, 2.24) is 0 Å². The molecule has 3 aromatic rings. The van der Waals surface area contributed by atoms with E-state index in [0.717, 1.165) is 20.7 Å². The van der Waals surface area contributed by atoms with E-state index in [4.69, 9.17) is 11.6 Å². The Balaban J connectivity index is 1.70. The third kappa shape index (κ3) is 2.71. The summed E-state index contributed by atoms with van der Waals surface area (Å²) < 4.78 is 0. The molecule has 1 aliphatic rings. The van der Waals surface area contributed by atoms with Crippen molar-refractivity contribution in [3.8, 4) is 0 Å². The van der Waals surface area contributed by atoms with Crippen LogP contribution >= 0.6 is 11.6 Å². The van der Waals surface area contributed by atoms with Crippen LogP contribution < -0.4 is 9.96 Å². The molecule has 1 fully saturated rings. The Bertz CT molecular complexity index is 998. The summed E-state index contributed by atoms with van der Waals surface area (Å²) in [6.07, 6.45) is -0.0961. The number of nitrogens with zero attached hydrogens (tertiary/aromatic N) is 2. The van der Waals surface area contributed by atoms with Crippen LogP contribution in [0.3, 0.4) is 0 Å². The zero-order valence-electron chi connectivity index (χ0n) is 13.7. The molecule has 5 nitrogen and oxygen atoms in total. The van der Waals surface area contributed by atoms with E-state index in [9.17, 15) is 14.8 Å². The van der Waals surface area contributed by atoms with Crippen molar-refractivity contribution in [3.63, 3.8) is 0 Å². The van der Waals surface area contributed by atoms with E-state index in [2.05, 4.69) is 0 Å². The molecular weight excluding hydrogens is 352 g/mol. The number of hydrogen-bond acceptors (Lipinski definition) is 4. The fraction of sp³-hybridized carbons (Fsp3) is 0.100. The average molecular weight is 367 g/mol. The molecule has 3 aromatic carbocycles. The van der Waals surface area contributed by atoms with Gasteiger partial charge < -0.3 is 0 Å². The molecular formula is C20H15ClN2O3. The summed E-state index contributed by atoms with van der Waals surface area (Å²) in [5.74, 6) is -0.798. The summed E-state index contributed by atoms with van der Waals surface area (Å²) in [5, 5.41) is 13.6. The zero-order chi connectivity index (χ0) is 18.3. The molecule has 0 saturated carbocycles. The van der Waals surface area contributed by atoms with Gasteiger partial charge in [0.05, 0.1) is 17.8 Å². The molecule has 0 aliphatic carbocycles. The molecule has 1 N–H and O–H groups in total. The smallest absolute Gasteiger partial charge is 0.259 e. The Morgan fingerprint density at radius 3 is 2.42 bits per heavy atom. The van der Waals surface area contributed by atoms with Gasteiger partial charge in [0, 0.05) is 10.4 Å². The van der Waals surface area contributed by atoms with E-state index in [1.165, 1.54) is 0 Å². The quantitative estimate of drug-likeness (QED) is 0.561. The van der Waals surface area contributed by atoms with Gasteiger partial charge in [-0.3, -0.25) is 14.8 Å². The second kappa shape index (κ2) is 6.44. The largest absolute Gasteiger partial charge is 0.288 e. The molecule has 1 heterocycles. The van der Waals surface area contributed by atoms with E-state index in [0.29, 0.717) is 16.4 Å². The lowest BCUT2D eigenvalue weighted by molar-refractivity contribution is -0.121. The van der Waals surface area contributed by atoms with Gasteiger partial charge in [-0.15, -0.1) is 0 Å². The minimum atomic E-state index is -0.970. The molecule has 1 saturated heterocycles. The van der Waals surface area contributed by atoms with Gasteiger partial charge >= 0.3 is 0 Å². The first-order valence-corrected chi connectivity index (χ1v) is 8.52. The number of imide groups is 1. The van der Waals surface area contributed by atoms with Crippen molar-refractivity contribution in [2.75, 3.05) is 9.96 Å². The maximum atomic E-state index is 12.9. The first-order valence-electron chi connectivity index (χ1n) is 8.14. The molecule has 130 valence electrons. The Kier molecular flexibility index (Phi) is 4.11. The van der Waals surface area contributed by atoms with E-state index in [-0.39, 0.29) is 12.3 Å². The maximum absolute atomic E-state index is 12.9. The summed E-state index contributed by atoms with van der Waals surface area (Å²) >= 11 is 5.86. The molecule has 1 atom stereocenters. The molecule has 0 bridgehead atoms. The van der Waals surface area contributed by atoms with E-state index >= 15 is 0 Å². The van der Waals surface area contributed by atoms with E-state index < -0.39 is 11.9 Å². The van der Waals surface area contributed by atoms with E-state index in [1.54, 1.807) is 30.3 Å². The van der Waals surface area contributed by atoms with Crippen LogP contribution in [0.25, 0.3) is 10.8 Å². The van der Waals surface area contributed by atoms with Crippen LogP contribution in [0.1, 0.15) is 6.42 Å². The molecule has 2 amide bonds. The predicted octanol–water partition coefficient (Wildman–Crippen LogP) is 4.02. The van der Waals surface area contributed by atoms with Gasteiger partial charge in [0.15, 0.2) is 0 Å². The summed E-state index contributed by atoms with van der Waals surface area (Å²) in [4.78, 5) is 26.7. The summed E-state index contributed by atoms with van der Waals surface area (Å²) in [6.45, 7) is 0. The lowest BCUT2D eigenvalue weighted by atomic mass is 10.1. The summed E-state index contributed by atoms with van der Waals surface area (Å²) in [5.41, 5.74) is 0.936. The maximum Gasteiger partial charge on any atom is 0.259 e. The van der Waals surface area contributed by atoms with Crippen molar-refractivity contribution >= 4 is 45.6 Å². The number of carbonyl (C=O) groups excluding carboxylic acids is 2. The van der Waals surface area contributed by atoms with Crippen LogP contribution in [0.4, 0.5) is 11.4 Å². The molecule has 0 radical (unpaired) electrons. The summed E-state index contributed by atoms with van der Waals surface area (Å²) in [6, 6.07) is 18.5. The minimum absolute atomic E-state index is 0.0961. The van der Waals surface area contributed by atoms with Crippen LogP contribution in [0.15, 0.2) is 66.7 Å². The first-order chi connectivity index (χ1) is 12.6. The standard InChI is InChI=1S/C20H15ClN2O3/c21-14-8-10-15(11-9-14)23(26)18-12-19(24)22(20(18)25)17-7-3-5-13-4-1-2-6-16(13)17/h1-11,18,26H,12H2/t18-/m0/s1. The Morgan fingerprint density at radius 2 is 1.65 bits per heavy atom. The van der Waals surface area contributed by atoms with Crippen molar-refractivity contribution in [2.45, 2.75) is 12.5 Å². The van der Waals surface area contributed by atoms with Crippen molar-refractivity contribution in [1.29, 1.82) is 0 Å². The number of anilines is 2. The molecule has 4 rings (SSSR count).